The molecule has 0 spiro atoms. The number of benzene rings is 1. The molecule has 1 aromatic carbocycles. The lowest BCUT2D eigenvalue weighted by molar-refractivity contribution is -0.142. The van der Waals surface area contributed by atoms with Gasteiger partial charge < -0.3 is 19.6 Å². The maximum atomic E-state index is 11.9. The van der Waals surface area contributed by atoms with Gasteiger partial charge in [-0.05, 0) is 50.0 Å². The van der Waals surface area contributed by atoms with Crippen molar-refractivity contribution in [2.75, 3.05) is 18.6 Å². The van der Waals surface area contributed by atoms with E-state index < -0.39 is 23.5 Å². The summed E-state index contributed by atoms with van der Waals surface area (Å²) in [5.74, 6) is -0.624. The average Bonchev–Trinajstić information content (AvgIpc) is 2.61. The number of fused-ring (bicyclic) bond motifs is 1. The topological polar surface area (TPSA) is 106 Å². The molecule has 7 nitrogen and oxygen atoms in total. The third kappa shape index (κ3) is 4.78. The van der Waals surface area contributed by atoms with Gasteiger partial charge in [0.2, 0.25) is 0 Å². The van der Waals surface area contributed by atoms with E-state index in [1.165, 1.54) is 11.8 Å². The molecule has 2 aromatic rings. The second-order valence-corrected chi connectivity index (χ2v) is 6.81. The SMILES string of the molecule is CSCC[C@H](NC(=O)COc1ccc2c(C)c(C)c(=O)oc2c1)C(=O)O. The van der Waals surface area contributed by atoms with Crippen molar-refractivity contribution in [3.8, 4) is 5.75 Å². The largest absolute Gasteiger partial charge is 0.484 e. The van der Waals surface area contributed by atoms with E-state index in [9.17, 15) is 14.4 Å². The van der Waals surface area contributed by atoms with Gasteiger partial charge in [0.15, 0.2) is 6.61 Å². The van der Waals surface area contributed by atoms with Crippen LogP contribution in [-0.4, -0.2) is 41.6 Å². The molecule has 1 amide bonds. The van der Waals surface area contributed by atoms with Crippen molar-refractivity contribution in [3.63, 3.8) is 0 Å². The van der Waals surface area contributed by atoms with Gasteiger partial charge in [-0.15, -0.1) is 0 Å². The Morgan fingerprint density at radius 3 is 2.69 bits per heavy atom. The van der Waals surface area contributed by atoms with Crippen molar-refractivity contribution in [3.05, 3.63) is 39.7 Å². The average molecular weight is 379 g/mol. The van der Waals surface area contributed by atoms with Gasteiger partial charge in [-0.25, -0.2) is 9.59 Å². The number of carbonyl (C=O) groups excluding carboxylic acids is 1. The predicted octanol–water partition coefficient (Wildman–Crippen LogP) is 2.11. The van der Waals surface area contributed by atoms with Crippen LogP contribution in [0.25, 0.3) is 11.0 Å². The Bertz CT molecular complexity index is 876. The van der Waals surface area contributed by atoms with Crippen LogP contribution in [0.4, 0.5) is 0 Å². The first-order valence-electron chi connectivity index (χ1n) is 8.01. The minimum absolute atomic E-state index is 0.330. The summed E-state index contributed by atoms with van der Waals surface area (Å²) >= 11 is 1.51. The number of thioether (sulfide) groups is 1. The first kappa shape index (κ1) is 19.8. The molecule has 1 atom stereocenters. The number of hydrogen-bond acceptors (Lipinski definition) is 6. The molecule has 26 heavy (non-hydrogen) atoms. The summed E-state index contributed by atoms with van der Waals surface area (Å²) < 4.78 is 10.6. The predicted molar refractivity (Wildman–Crippen MR) is 100 cm³/mol. The molecule has 0 unspecified atom stereocenters. The molecule has 0 fully saturated rings. The summed E-state index contributed by atoms with van der Waals surface area (Å²) in [6.07, 6.45) is 2.20. The highest BCUT2D eigenvalue weighted by Crippen LogP contribution is 2.23. The third-order valence-corrected chi connectivity index (χ3v) is 4.69. The molecule has 0 saturated heterocycles. The van der Waals surface area contributed by atoms with Gasteiger partial charge in [0.1, 0.15) is 17.4 Å². The van der Waals surface area contributed by atoms with E-state index in [0.717, 1.165) is 10.9 Å². The zero-order valence-electron chi connectivity index (χ0n) is 14.8. The molecule has 8 heteroatoms. The first-order chi connectivity index (χ1) is 12.3. The smallest absolute Gasteiger partial charge is 0.339 e. The van der Waals surface area contributed by atoms with Crippen molar-refractivity contribution in [2.24, 2.45) is 0 Å². The summed E-state index contributed by atoms with van der Waals surface area (Å²) in [7, 11) is 0. The quantitative estimate of drug-likeness (QED) is 0.677. The number of carboxylic acids is 1. The van der Waals surface area contributed by atoms with Crippen LogP contribution >= 0.6 is 11.8 Å². The second kappa shape index (κ2) is 8.75. The number of aryl methyl sites for hydroxylation is 1. The number of ether oxygens (including phenoxy) is 1. The van der Waals surface area contributed by atoms with Crippen LogP contribution in [0.15, 0.2) is 27.4 Å². The van der Waals surface area contributed by atoms with E-state index in [1.54, 1.807) is 25.1 Å². The molecule has 0 bridgehead atoms. The molecule has 0 radical (unpaired) electrons. The fourth-order valence-electron chi connectivity index (χ4n) is 2.40. The summed E-state index contributed by atoms with van der Waals surface area (Å²) in [5, 5.41) is 12.3. The molecule has 0 aliphatic heterocycles. The molecular weight excluding hydrogens is 358 g/mol. The number of nitrogens with one attached hydrogen (secondary N) is 1. The zero-order chi connectivity index (χ0) is 19.3. The lowest BCUT2D eigenvalue weighted by atomic mass is 10.1. The fourth-order valence-corrected chi connectivity index (χ4v) is 2.87. The molecule has 140 valence electrons. The molecule has 2 rings (SSSR count). The molecule has 0 aliphatic rings. The number of carboxylic acid groups (broad SMARTS) is 1. The summed E-state index contributed by atoms with van der Waals surface area (Å²) in [6.45, 7) is 3.21. The summed E-state index contributed by atoms with van der Waals surface area (Å²) in [4.78, 5) is 34.9. The Morgan fingerprint density at radius 1 is 1.31 bits per heavy atom. The van der Waals surface area contributed by atoms with Crippen LogP contribution in [0, 0.1) is 13.8 Å². The number of aliphatic carboxylic acids is 1. The Labute approximate surface area is 154 Å². The number of carbonyl (C=O) groups is 2. The van der Waals surface area contributed by atoms with Gasteiger partial charge in [0.25, 0.3) is 5.91 Å². The van der Waals surface area contributed by atoms with Gasteiger partial charge in [0.05, 0.1) is 0 Å². The number of hydrogen-bond donors (Lipinski definition) is 2. The normalized spacial score (nSPS) is 12.0. The van der Waals surface area contributed by atoms with Crippen molar-refractivity contribution < 1.29 is 23.8 Å². The van der Waals surface area contributed by atoms with Gasteiger partial charge in [0, 0.05) is 17.0 Å². The third-order valence-electron chi connectivity index (χ3n) is 4.04. The maximum Gasteiger partial charge on any atom is 0.339 e. The number of amides is 1. The van der Waals surface area contributed by atoms with E-state index >= 15 is 0 Å². The van der Waals surface area contributed by atoms with E-state index in [4.69, 9.17) is 14.3 Å². The van der Waals surface area contributed by atoms with E-state index in [0.29, 0.717) is 29.1 Å². The summed E-state index contributed by atoms with van der Waals surface area (Å²) in [6, 6.07) is 4.02. The monoisotopic (exact) mass is 379 g/mol. The Morgan fingerprint density at radius 2 is 2.04 bits per heavy atom. The van der Waals surface area contributed by atoms with Crippen molar-refractivity contribution >= 4 is 34.6 Å². The van der Waals surface area contributed by atoms with Gasteiger partial charge in [-0.2, -0.15) is 11.8 Å². The standard InChI is InChI=1S/C18H21NO6S/c1-10-11(2)18(23)25-15-8-12(4-5-13(10)15)24-9-16(20)19-14(17(21)22)6-7-26-3/h4-5,8,14H,6-7,9H2,1-3H3,(H,19,20)(H,21,22)/t14-/m0/s1. The molecule has 2 N–H and O–H groups in total. The maximum absolute atomic E-state index is 11.9. The van der Waals surface area contributed by atoms with Crippen LogP contribution < -0.4 is 15.7 Å². The van der Waals surface area contributed by atoms with Crippen molar-refractivity contribution in [1.29, 1.82) is 0 Å². The highest BCUT2D eigenvalue weighted by atomic mass is 32.2. The van der Waals surface area contributed by atoms with Crippen molar-refractivity contribution in [2.45, 2.75) is 26.3 Å². The van der Waals surface area contributed by atoms with Gasteiger partial charge in [-0.3, -0.25) is 4.79 Å². The molecule has 1 heterocycles. The van der Waals surface area contributed by atoms with Crippen LogP contribution in [0.5, 0.6) is 5.75 Å². The van der Waals surface area contributed by atoms with E-state index in [2.05, 4.69) is 5.32 Å². The van der Waals surface area contributed by atoms with E-state index in [-0.39, 0.29) is 6.61 Å². The highest BCUT2D eigenvalue weighted by Gasteiger charge is 2.19. The van der Waals surface area contributed by atoms with Gasteiger partial charge in [-0.1, -0.05) is 0 Å². The molecule has 1 aromatic heterocycles. The van der Waals surface area contributed by atoms with E-state index in [1.807, 2.05) is 13.2 Å². The molecule has 0 aliphatic carbocycles. The Balaban J connectivity index is 2.04. The van der Waals surface area contributed by atoms with Crippen LogP contribution in [0.2, 0.25) is 0 Å². The Kier molecular flexibility index (Phi) is 6.68. The van der Waals surface area contributed by atoms with Crippen LogP contribution in [0.3, 0.4) is 0 Å². The lowest BCUT2D eigenvalue weighted by Crippen LogP contribution is -2.43. The zero-order valence-corrected chi connectivity index (χ0v) is 15.6. The van der Waals surface area contributed by atoms with Crippen LogP contribution in [-0.2, 0) is 9.59 Å². The fraction of sp³-hybridized carbons (Fsp3) is 0.389. The minimum Gasteiger partial charge on any atom is -0.484 e. The van der Waals surface area contributed by atoms with Crippen LogP contribution in [0.1, 0.15) is 17.5 Å². The van der Waals surface area contributed by atoms with Crippen molar-refractivity contribution in [1.82, 2.24) is 5.32 Å². The molecule has 0 saturated carbocycles. The first-order valence-corrected chi connectivity index (χ1v) is 9.40. The minimum atomic E-state index is -1.08. The Hall–Kier alpha value is -2.48. The lowest BCUT2D eigenvalue weighted by Gasteiger charge is -2.14. The summed E-state index contributed by atoms with van der Waals surface area (Å²) in [5.41, 5.74) is 1.34. The van der Waals surface area contributed by atoms with Gasteiger partial charge >= 0.3 is 11.6 Å². The molecular formula is C18H21NO6S. The second-order valence-electron chi connectivity index (χ2n) is 5.83. The number of rotatable bonds is 8. The highest BCUT2D eigenvalue weighted by molar-refractivity contribution is 7.98.